The number of hydrogen-bond acceptors (Lipinski definition) is 5. The van der Waals surface area contributed by atoms with Gasteiger partial charge in [-0.15, -0.1) is 0 Å². The zero-order chi connectivity index (χ0) is 18.1. The Hall–Kier alpha value is -3.61. The highest BCUT2D eigenvalue weighted by Gasteiger charge is 2.17. The molecule has 0 saturated heterocycles. The second-order valence-corrected chi connectivity index (χ2v) is 5.81. The van der Waals surface area contributed by atoms with Gasteiger partial charge in [0.05, 0.1) is 5.52 Å². The van der Waals surface area contributed by atoms with Gasteiger partial charge in [-0.2, -0.15) is 5.10 Å². The van der Waals surface area contributed by atoms with Gasteiger partial charge in [-0.1, -0.05) is 24.3 Å². The van der Waals surface area contributed by atoms with Crippen molar-refractivity contribution in [2.24, 2.45) is 0 Å². The number of halogens is 1. The number of fused-ring (bicyclic) bond motifs is 1. The van der Waals surface area contributed by atoms with Crippen molar-refractivity contribution >= 4 is 28.3 Å². The molecule has 7 heteroatoms. The Morgan fingerprint density at radius 2 is 1.92 bits per heavy atom. The van der Waals surface area contributed by atoms with Crippen LogP contribution in [0.3, 0.4) is 0 Å². The molecule has 2 aromatic heterocycles. The summed E-state index contributed by atoms with van der Waals surface area (Å²) in [6, 6.07) is 14.6. The minimum Gasteiger partial charge on any atom is -0.323 e. The van der Waals surface area contributed by atoms with Crippen molar-refractivity contribution in [1.29, 1.82) is 0 Å². The van der Waals surface area contributed by atoms with Gasteiger partial charge in [-0.3, -0.25) is 9.89 Å². The fourth-order valence-corrected chi connectivity index (χ4v) is 2.64. The number of nitrogens with zero attached hydrogens (tertiary/aromatic N) is 3. The predicted molar refractivity (Wildman–Crippen MR) is 96.0 cm³/mol. The number of benzene rings is 2. The average Bonchev–Trinajstić information content (AvgIpc) is 3.06. The van der Waals surface area contributed by atoms with E-state index >= 15 is 0 Å². The predicted octanol–water partition coefficient (Wildman–Crippen LogP) is 3.78. The van der Waals surface area contributed by atoms with Crippen molar-refractivity contribution in [1.82, 2.24) is 20.2 Å². The molecule has 4 aromatic rings. The van der Waals surface area contributed by atoms with Gasteiger partial charge in [0.25, 0.3) is 0 Å². The van der Waals surface area contributed by atoms with E-state index in [9.17, 15) is 9.18 Å². The topological polar surface area (TPSA) is 83.6 Å². The van der Waals surface area contributed by atoms with E-state index in [1.165, 1.54) is 24.3 Å². The fourth-order valence-electron chi connectivity index (χ4n) is 2.64. The molecule has 6 nitrogen and oxygen atoms in total. The summed E-state index contributed by atoms with van der Waals surface area (Å²) in [4.78, 5) is 21.4. The van der Waals surface area contributed by atoms with E-state index in [0.29, 0.717) is 17.2 Å². The molecule has 0 unspecified atom stereocenters. The summed E-state index contributed by atoms with van der Waals surface area (Å²) in [5, 5.41) is 10.8. The minimum atomic E-state index is -0.484. The zero-order valence-corrected chi connectivity index (χ0v) is 13.8. The molecule has 4 rings (SSSR count). The summed E-state index contributed by atoms with van der Waals surface area (Å²) in [5.41, 5.74) is 1.70. The highest BCUT2D eigenvalue weighted by atomic mass is 19.1. The van der Waals surface area contributed by atoms with Crippen molar-refractivity contribution in [2.75, 3.05) is 5.32 Å². The van der Waals surface area contributed by atoms with Crippen molar-refractivity contribution < 1.29 is 9.18 Å². The van der Waals surface area contributed by atoms with Crippen LogP contribution in [0, 0.1) is 12.7 Å². The van der Waals surface area contributed by atoms with E-state index in [4.69, 9.17) is 0 Å². The lowest BCUT2D eigenvalue weighted by atomic mass is 10.1. The number of aromatic nitrogens is 4. The Morgan fingerprint density at radius 3 is 2.69 bits per heavy atom. The summed E-state index contributed by atoms with van der Waals surface area (Å²) in [6.45, 7) is 1.88. The summed E-state index contributed by atoms with van der Waals surface area (Å²) in [5.74, 6) is 0.0971. The van der Waals surface area contributed by atoms with Crippen LogP contribution in [0.4, 0.5) is 16.0 Å². The molecule has 2 heterocycles. The first-order valence-corrected chi connectivity index (χ1v) is 7.96. The first-order valence-electron chi connectivity index (χ1n) is 7.96. The third-order valence-electron chi connectivity index (χ3n) is 3.85. The fraction of sp³-hybridized carbons (Fsp3) is 0.0526. The van der Waals surface area contributed by atoms with Crippen LogP contribution in [0.1, 0.15) is 21.9 Å². The van der Waals surface area contributed by atoms with Crippen LogP contribution in [-0.2, 0) is 0 Å². The van der Waals surface area contributed by atoms with Gasteiger partial charge in [0.2, 0.25) is 11.6 Å². The summed E-state index contributed by atoms with van der Waals surface area (Å²) < 4.78 is 13.4. The molecular formula is C19H14FN5O. The van der Waals surface area contributed by atoms with Gasteiger partial charge in [0, 0.05) is 22.7 Å². The van der Waals surface area contributed by atoms with Crippen molar-refractivity contribution in [3.8, 4) is 0 Å². The van der Waals surface area contributed by atoms with Crippen LogP contribution in [0.5, 0.6) is 0 Å². The van der Waals surface area contributed by atoms with Gasteiger partial charge in [0.15, 0.2) is 5.82 Å². The number of para-hydroxylation sites is 1. The van der Waals surface area contributed by atoms with Crippen LogP contribution in [-0.4, -0.2) is 25.9 Å². The van der Waals surface area contributed by atoms with Gasteiger partial charge in [-0.25, -0.2) is 14.4 Å². The second kappa shape index (κ2) is 6.36. The van der Waals surface area contributed by atoms with E-state index in [2.05, 4.69) is 25.5 Å². The first kappa shape index (κ1) is 15.9. The van der Waals surface area contributed by atoms with Crippen molar-refractivity contribution in [3.05, 3.63) is 77.5 Å². The number of H-pyrrole nitrogens is 1. The molecule has 0 spiro atoms. The Kier molecular flexibility index (Phi) is 3.89. The van der Waals surface area contributed by atoms with E-state index in [1.54, 1.807) is 6.07 Å². The molecule has 0 radical (unpaired) electrons. The van der Waals surface area contributed by atoms with E-state index < -0.39 is 11.6 Å². The Balaban J connectivity index is 1.82. The number of aryl methyl sites for hydroxylation is 1. The number of hydrogen-bond donors (Lipinski definition) is 2. The lowest BCUT2D eigenvalue weighted by molar-refractivity contribution is 0.102. The van der Waals surface area contributed by atoms with Crippen LogP contribution in [0.2, 0.25) is 0 Å². The van der Waals surface area contributed by atoms with Crippen molar-refractivity contribution in [2.45, 2.75) is 6.92 Å². The van der Waals surface area contributed by atoms with Crippen LogP contribution in [0.25, 0.3) is 10.9 Å². The van der Waals surface area contributed by atoms with E-state index in [1.807, 2.05) is 31.2 Å². The minimum absolute atomic E-state index is 0.0101. The summed E-state index contributed by atoms with van der Waals surface area (Å²) in [6.07, 6.45) is 0. The Bertz CT molecular complexity index is 1120. The monoisotopic (exact) mass is 347 g/mol. The molecule has 128 valence electrons. The van der Waals surface area contributed by atoms with Gasteiger partial charge in [0.1, 0.15) is 11.6 Å². The highest BCUT2D eigenvalue weighted by molar-refractivity contribution is 6.08. The molecule has 0 fully saturated rings. The molecular weight excluding hydrogens is 333 g/mol. The molecule has 0 atom stereocenters. The maximum Gasteiger partial charge on any atom is 0.230 e. The summed E-state index contributed by atoms with van der Waals surface area (Å²) in [7, 11) is 0. The standard InChI is InChI=1S/C19H14FN5O/c1-11-9-16(25-24-11)22-18-14-7-2-3-8-15(14)21-19(23-18)17(26)12-5-4-6-13(20)10-12/h2-10H,1H3,(H2,21,22,23,24,25). The van der Waals surface area contributed by atoms with Gasteiger partial charge < -0.3 is 5.32 Å². The zero-order valence-electron chi connectivity index (χ0n) is 13.8. The Morgan fingerprint density at radius 1 is 1.08 bits per heavy atom. The normalized spacial score (nSPS) is 10.8. The molecule has 0 saturated carbocycles. The number of carbonyl (C=O) groups is 1. The number of carbonyl (C=O) groups excluding carboxylic acids is 1. The third-order valence-corrected chi connectivity index (χ3v) is 3.85. The molecule has 0 aliphatic carbocycles. The lowest BCUT2D eigenvalue weighted by Crippen LogP contribution is -2.10. The van der Waals surface area contributed by atoms with E-state index in [0.717, 1.165) is 11.1 Å². The van der Waals surface area contributed by atoms with Gasteiger partial charge in [-0.05, 0) is 31.2 Å². The summed E-state index contributed by atoms with van der Waals surface area (Å²) >= 11 is 0. The van der Waals surface area contributed by atoms with Gasteiger partial charge >= 0.3 is 0 Å². The highest BCUT2D eigenvalue weighted by Crippen LogP contribution is 2.24. The molecule has 26 heavy (non-hydrogen) atoms. The third kappa shape index (κ3) is 3.02. The molecule has 0 amide bonds. The number of anilines is 2. The van der Waals surface area contributed by atoms with Crippen LogP contribution in [0.15, 0.2) is 54.6 Å². The number of ketones is 1. The molecule has 2 N–H and O–H groups in total. The maximum atomic E-state index is 13.4. The maximum absolute atomic E-state index is 13.4. The average molecular weight is 347 g/mol. The largest absolute Gasteiger partial charge is 0.323 e. The van der Waals surface area contributed by atoms with Crippen LogP contribution < -0.4 is 5.32 Å². The SMILES string of the molecule is Cc1cc(Nc2nc(C(=O)c3cccc(F)c3)nc3ccccc23)n[nH]1. The lowest BCUT2D eigenvalue weighted by Gasteiger charge is -2.09. The smallest absolute Gasteiger partial charge is 0.230 e. The quantitative estimate of drug-likeness (QED) is 0.549. The number of rotatable bonds is 4. The molecule has 0 bridgehead atoms. The number of nitrogens with one attached hydrogen (secondary N) is 2. The second-order valence-electron chi connectivity index (χ2n) is 5.81. The molecule has 0 aliphatic rings. The van der Waals surface area contributed by atoms with Crippen molar-refractivity contribution in [3.63, 3.8) is 0 Å². The number of aromatic amines is 1. The van der Waals surface area contributed by atoms with E-state index in [-0.39, 0.29) is 11.4 Å². The Labute approximate surface area is 148 Å². The molecule has 0 aliphatic heterocycles. The molecule has 2 aromatic carbocycles. The first-order chi connectivity index (χ1) is 12.6. The van der Waals surface area contributed by atoms with Crippen LogP contribution >= 0.6 is 0 Å².